The maximum atomic E-state index is 12.0. The van der Waals surface area contributed by atoms with Crippen LogP contribution < -0.4 is 16.0 Å². The van der Waals surface area contributed by atoms with Crippen LogP contribution in [-0.2, 0) is 6.61 Å². The van der Waals surface area contributed by atoms with E-state index in [0.29, 0.717) is 16.9 Å². The molecular weight excluding hydrogens is 354 g/mol. The van der Waals surface area contributed by atoms with Crippen LogP contribution in [0.1, 0.15) is 22.3 Å². The van der Waals surface area contributed by atoms with E-state index in [-0.39, 0.29) is 29.1 Å². The molecule has 0 saturated carbocycles. The molecular formula is C21H13N5O2. The summed E-state index contributed by atoms with van der Waals surface area (Å²) in [6.07, 6.45) is 0. The Balaban J connectivity index is 1.90. The molecule has 0 amide bonds. The van der Waals surface area contributed by atoms with Crippen LogP contribution >= 0.6 is 0 Å². The van der Waals surface area contributed by atoms with Crippen molar-refractivity contribution in [3.63, 3.8) is 0 Å². The van der Waals surface area contributed by atoms with E-state index in [0.717, 1.165) is 5.56 Å². The Bertz CT molecular complexity index is 1220. The van der Waals surface area contributed by atoms with Crippen molar-refractivity contribution in [2.24, 2.45) is 0 Å². The number of anilines is 1. The summed E-state index contributed by atoms with van der Waals surface area (Å²) in [5.41, 5.74) is 7.05. The molecule has 134 valence electrons. The number of nitrogens with one attached hydrogen (secondary N) is 1. The van der Waals surface area contributed by atoms with Gasteiger partial charge in [0.05, 0.1) is 11.6 Å². The molecule has 0 fully saturated rings. The minimum Gasteiger partial charge on any atom is -0.489 e. The molecule has 0 aliphatic heterocycles. The summed E-state index contributed by atoms with van der Waals surface area (Å²) < 4.78 is 5.71. The monoisotopic (exact) mass is 367 g/mol. The fourth-order valence-corrected chi connectivity index (χ4v) is 2.75. The van der Waals surface area contributed by atoms with Gasteiger partial charge in [0.25, 0.3) is 5.56 Å². The molecule has 28 heavy (non-hydrogen) atoms. The number of ether oxygens (including phenoxy) is 1. The predicted molar refractivity (Wildman–Crippen MR) is 102 cm³/mol. The molecule has 3 N–H and O–H groups in total. The van der Waals surface area contributed by atoms with Crippen LogP contribution in [0.5, 0.6) is 5.75 Å². The van der Waals surface area contributed by atoms with E-state index in [2.05, 4.69) is 11.1 Å². The number of H-pyrrole nitrogens is 1. The first-order valence-electron chi connectivity index (χ1n) is 8.15. The number of hydrogen-bond acceptors (Lipinski definition) is 6. The summed E-state index contributed by atoms with van der Waals surface area (Å²) in [5, 5.41) is 27.6. The van der Waals surface area contributed by atoms with Gasteiger partial charge < -0.3 is 15.5 Å². The number of rotatable bonds is 4. The second-order valence-electron chi connectivity index (χ2n) is 5.84. The lowest BCUT2D eigenvalue weighted by Crippen LogP contribution is -2.16. The van der Waals surface area contributed by atoms with E-state index in [4.69, 9.17) is 15.7 Å². The topological polar surface area (TPSA) is 139 Å². The van der Waals surface area contributed by atoms with Gasteiger partial charge in [-0.3, -0.25) is 4.79 Å². The van der Waals surface area contributed by atoms with Gasteiger partial charge in [0.2, 0.25) is 0 Å². The number of nitrogen functional groups attached to an aromatic ring is 1. The number of aromatic nitrogens is 1. The van der Waals surface area contributed by atoms with Gasteiger partial charge in [-0.2, -0.15) is 15.8 Å². The van der Waals surface area contributed by atoms with E-state index in [1.54, 1.807) is 42.5 Å². The highest BCUT2D eigenvalue weighted by atomic mass is 16.5. The van der Waals surface area contributed by atoms with Gasteiger partial charge >= 0.3 is 0 Å². The van der Waals surface area contributed by atoms with Crippen molar-refractivity contribution in [1.29, 1.82) is 15.8 Å². The molecule has 0 bridgehead atoms. The first-order chi connectivity index (χ1) is 13.6. The molecule has 0 atom stereocenters. The molecule has 1 aromatic heterocycles. The fourth-order valence-electron chi connectivity index (χ4n) is 2.75. The molecule has 0 saturated heterocycles. The minimum absolute atomic E-state index is 0.0399. The Kier molecular flexibility index (Phi) is 5.07. The van der Waals surface area contributed by atoms with Gasteiger partial charge in [-0.1, -0.05) is 24.3 Å². The molecule has 3 rings (SSSR count). The second kappa shape index (κ2) is 7.78. The van der Waals surface area contributed by atoms with Crippen LogP contribution in [0.3, 0.4) is 0 Å². The molecule has 7 heteroatoms. The molecule has 0 aliphatic rings. The zero-order valence-electron chi connectivity index (χ0n) is 14.6. The summed E-state index contributed by atoms with van der Waals surface area (Å²) in [7, 11) is 0. The summed E-state index contributed by atoms with van der Waals surface area (Å²) in [5.74, 6) is 0.472. The maximum Gasteiger partial charge on any atom is 0.268 e. The Labute approximate surface area is 160 Å². The van der Waals surface area contributed by atoms with Crippen molar-refractivity contribution < 1.29 is 4.74 Å². The molecule has 1 heterocycles. The van der Waals surface area contributed by atoms with E-state index >= 15 is 0 Å². The summed E-state index contributed by atoms with van der Waals surface area (Å²) in [6, 6.07) is 19.6. The SMILES string of the molecule is N#Cc1cccc(COc2ccc(-c3c(C#N)c(N)[nH]c(=O)c3C#N)cc2)c1. The molecule has 0 radical (unpaired) electrons. The van der Waals surface area contributed by atoms with Gasteiger partial charge in [0.1, 0.15) is 41.4 Å². The number of nitriles is 3. The smallest absolute Gasteiger partial charge is 0.268 e. The average molecular weight is 367 g/mol. The van der Waals surface area contributed by atoms with Crippen molar-refractivity contribution in [3.8, 4) is 35.1 Å². The van der Waals surface area contributed by atoms with Crippen LogP contribution in [0, 0.1) is 34.0 Å². The number of aromatic amines is 1. The van der Waals surface area contributed by atoms with Crippen LogP contribution in [0.15, 0.2) is 53.3 Å². The Hall–Kier alpha value is -4.54. The third kappa shape index (κ3) is 3.53. The standard InChI is InChI=1S/C21H13N5O2/c22-9-13-2-1-3-14(8-13)12-28-16-6-4-15(5-7-16)19-17(10-23)20(25)26-21(27)18(19)11-24/h1-8H,12H2,(H3,25,26,27). The second-order valence-corrected chi connectivity index (χ2v) is 5.84. The largest absolute Gasteiger partial charge is 0.489 e. The summed E-state index contributed by atoms with van der Waals surface area (Å²) in [4.78, 5) is 14.3. The van der Waals surface area contributed by atoms with E-state index in [1.807, 2.05) is 18.2 Å². The third-order valence-electron chi connectivity index (χ3n) is 4.07. The highest BCUT2D eigenvalue weighted by Gasteiger charge is 2.18. The van der Waals surface area contributed by atoms with Crippen molar-refractivity contribution >= 4 is 5.82 Å². The van der Waals surface area contributed by atoms with Gasteiger partial charge in [0, 0.05) is 5.56 Å². The molecule has 2 aromatic carbocycles. The van der Waals surface area contributed by atoms with E-state index in [9.17, 15) is 15.3 Å². The van der Waals surface area contributed by atoms with Crippen molar-refractivity contribution in [1.82, 2.24) is 4.98 Å². The van der Waals surface area contributed by atoms with Gasteiger partial charge in [-0.25, -0.2) is 0 Å². The average Bonchev–Trinajstić information content (AvgIpc) is 2.72. The normalized spacial score (nSPS) is 9.75. The van der Waals surface area contributed by atoms with Gasteiger partial charge in [-0.05, 0) is 35.4 Å². The highest BCUT2D eigenvalue weighted by molar-refractivity contribution is 5.80. The molecule has 0 unspecified atom stereocenters. The Morgan fingerprint density at radius 3 is 2.32 bits per heavy atom. The number of benzene rings is 2. The lowest BCUT2D eigenvalue weighted by atomic mass is 9.96. The van der Waals surface area contributed by atoms with Gasteiger partial charge in [-0.15, -0.1) is 0 Å². The molecule has 0 aliphatic carbocycles. The van der Waals surface area contributed by atoms with Gasteiger partial charge in [0.15, 0.2) is 0 Å². The van der Waals surface area contributed by atoms with Crippen molar-refractivity contribution in [3.05, 3.63) is 81.1 Å². The predicted octanol–water partition coefficient (Wildman–Crippen LogP) is 2.82. The lowest BCUT2D eigenvalue weighted by molar-refractivity contribution is 0.306. The van der Waals surface area contributed by atoms with Crippen LogP contribution in [0.25, 0.3) is 11.1 Å². The van der Waals surface area contributed by atoms with Crippen molar-refractivity contribution in [2.45, 2.75) is 6.61 Å². The molecule has 7 nitrogen and oxygen atoms in total. The Morgan fingerprint density at radius 2 is 1.68 bits per heavy atom. The van der Waals surface area contributed by atoms with E-state index in [1.165, 1.54) is 0 Å². The minimum atomic E-state index is -0.647. The third-order valence-corrected chi connectivity index (χ3v) is 4.07. The molecule has 3 aromatic rings. The Morgan fingerprint density at radius 1 is 0.964 bits per heavy atom. The first-order valence-corrected chi connectivity index (χ1v) is 8.15. The van der Waals surface area contributed by atoms with E-state index < -0.39 is 5.56 Å². The quantitative estimate of drug-likeness (QED) is 0.726. The molecule has 0 spiro atoms. The number of nitrogens with two attached hydrogens (primary N) is 1. The lowest BCUT2D eigenvalue weighted by Gasteiger charge is -2.10. The summed E-state index contributed by atoms with van der Waals surface area (Å²) in [6.45, 7) is 0.277. The maximum absolute atomic E-state index is 12.0. The zero-order chi connectivity index (χ0) is 20.1. The highest BCUT2D eigenvalue weighted by Crippen LogP contribution is 2.29. The van der Waals surface area contributed by atoms with Crippen LogP contribution in [0.4, 0.5) is 5.82 Å². The van der Waals surface area contributed by atoms with Crippen LogP contribution in [-0.4, -0.2) is 4.98 Å². The first kappa shape index (κ1) is 18.3. The van der Waals surface area contributed by atoms with Crippen LogP contribution in [0.2, 0.25) is 0 Å². The van der Waals surface area contributed by atoms with Crippen molar-refractivity contribution in [2.75, 3.05) is 5.73 Å². The number of nitrogens with zero attached hydrogens (tertiary/aromatic N) is 3. The number of hydrogen-bond donors (Lipinski definition) is 2. The zero-order valence-corrected chi connectivity index (χ0v) is 14.6. The number of pyridine rings is 1. The summed E-state index contributed by atoms with van der Waals surface area (Å²) >= 11 is 0. The fraction of sp³-hybridized carbons (Fsp3) is 0.0476.